The summed E-state index contributed by atoms with van der Waals surface area (Å²) >= 11 is 1.61. The van der Waals surface area contributed by atoms with Gasteiger partial charge < -0.3 is 11.1 Å². The molecule has 0 saturated heterocycles. The predicted molar refractivity (Wildman–Crippen MR) is 102 cm³/mol. The van der Waals surface area contributed by atoms with E-state index < -0.39 is 0 Å². The molecule has 0 amide bonds. The lowest BCUT2D eigenvalue weighted by Gasteiger charge is -2.08. The quantitative estimate of drug-likeness (QED) is 0.600. The third-order valence-corrected chi connectivity index (χ3v) is 3.79. The van der Waals surface area contributed by atoms with Crippen molar-refractivity contribution in [3.05, 3.63) is 52.2 Å². The number of halogens is 2. The van der Waals surface area contributed by atoms with Crippen molar-refractivity contribution in [3.63, 3.8) is 0 Å². The molecule has 22 heavy (non-hydrogen) atoms. The molecule has 3 N–H and O–H groups in total. The van der Waals surface area contributed by atoms with Crippen LogP contribution in [0, 0.1) is 0 Å². The number of nitrogens with zero attached hydrogens (tertiary/aromatic N) is 1. The summed E-state index contributed by atoms with van der Waals surface area (Å²) in [5.41, 5.74) is 8.20. The highest BCUT2D eigenvalue weighted by atomic mass is 35.5. The van der Waals surface area contributed by atoms with E-state index in [2.05, 4.69) is 36.3 Å². The van der Waals surface area contributed by atoms with E-state index >= 15 is 0 Å². The molecule has 6 heteroatoms. The minimum Gasteiger partial charge on any atom is -0.383 e. The molecule has 1 heterocycles. The van der Waals surface area contributed by atoms with Crippen LogP contribution in [0.2, 0.25) is 0 Å². The first-order valence-corrected chi connectivity index (χ1v) is 7.73. The molecule has 3 nitrogen and oxygen atoms in total. The van der Waals surface area contributed by atoms with E-state index in [0.29, 0.717) is 11.9 Å². The zero-order chi connectivity index (χ0) is 14.4. The molecule has 0 atom stereocenters. The summed E-state index contributed by atoms with van der Waals surface area (Å²) in [5, 5.41) is 5.42. The van der Waals surface area contributed by atoms with Gasteiger partial charge in [0, 0.05) is 6.04 Å². The van der Waals surface area contributed by atoms with Crippen molar-refractivity contribution in [2.75, 3.05) is 6.54 Å². The standard InChI is InChI=1S/C16H21N3S.2ClH/c1-12(2)18-9-8-13-5-3-6-14(11-13)19-16(17)15-7-4-10-20-15;;/h3-7,10-12,18H,8-9H2,1-2H3,(H2,17,19);2*1H. The lowest BCUT2D eigenvalue weighted by Crippen LogP contribution is -2.24. The van der Waals surface area contributed by atoms with Gasteiger partial charge in [-0.05, 0) is 42.1 Å². The minimum atomic E-state index is 0. The highest BCUT2D eigenvalue weighted by molar-refractivity contribution is 7.12. The summed E-state index contributed by atoms with van der Waals surface area (Å²) in [4.78, 5) is 5.50. The van der Waals surface area contributed by atoms with E-state index in [1.54, 1.807) is 11.3 Å². The van der Waals surface area contributed by atoms with Crippen molar-refractivity contribution in [1.29, 1.82) is 0 Å². The van der Waals surface area contributed by atoms with E-state index in [1.807, 2.05) is 29.6 Å². The molecule has 2 rings (SSSR count). The van der Waals surface area contributed by atoms with Crippen LogP contribution in [-0.2, 0) is 6.42 Å². The molecule has 0 spiro atoms. The van der Waals surface area contributed by atoms with Crippen molar-refractivity contribution in [3.8, 4) is 0 Å². The second-order valence-electron chi connectivity index (χ2n) is 5.00. The topological polar surface area (TPSA) is 50.4 Å². The Bertz CT molecular complexity index is 569. The summed E-state index contributed by atoms with van der Waals surface area (Å²) in [5.74, 6) is 0.581. The smallest absolute Gasteiger partial charge is 0.141 e. The monoisotopic (exact) mass is 359 g/mol. The number of thiophene rings is 1. The van der Waals surface area contributed by atoms with Crippen LogP contribution in [0.15, 0.2) is 46.8 Å². The van der Waals surface area contributed by atoms with Crippen molar-refractivity contribution >= 4 is 47.7 Å². The van der Waals surface area contributed by atoms with E-state index in [-0.39, 0.29) is 24.8 Å². The number of nitrogens with one attached hydrogen (secondary N) is 1. The summed E-state index contributed by atoms with van der Waals surface area (Å²) in [6, 6.07) is 12.7. The summed E-state index contributed by atoms with van der Waals surface area (Å²) in [6.07, 6.45) is 1.00. The van der Waals surface area contributed by atoms with Gasteiger partial charge >= 0.3 is 0 Å². The van der Waals surface area contributed by atoms with Crippen molar-refractivity contribution in [2.45, 2.75) is 26.3 Å². The molecule has 1 aromatic carbocycles. The zero-order valence-electron chi connectivity index (χ0n) is 12.8. The Hall–Kier alpha value is -1.07. The average molecular weight is 360 g/mol. The fourth-order valence-electron chi connectivity index (χ4n) is 1.91. The van der Waals surface area contributed by atoms with Crippen LogP contribution in [0.1, 0.15) is 24.3 Å². The molecule has 0 bridgehead atoms. The van der Waals surface area contributed by atoms with Gasteiger partial charge in [0.15, 0.2) is 0 Å². The van der Waals surface area contributed by atoms with Gasteiger partial charge in [0.25, 0.3) is 0 Å². The van der Waals surface area contributed by atoms with Crippen LogP contribution in [0.25, 0.3) is 0 Å². The maximum Gasteiger partial charge on any atom is 0.141 e. The molecular weight excluding hydrogens is 337 g/mol. The van der Waals surface area contributed by atoms with Crippen molar-refractivity contribution < 1.29 is 0 Å². The lowest BCUT2D eigenvalue weighted by molar-refractivity contribution is 0.590. The van der Waals surface area contributed by atoms with Crippen LogP contribution >= 0.6 is 36.2 Å². The number of amidine groups is 1. The molecule has 0 fully saturated rings. The molecule has 1 aromatic heterocycles. The van der Waals surface area contributed by atoms with Crippen molar-refractivity contribution in [1.82, 2.24) is 5.32 Å². The van der Waals surface area contributed by atoms with Gasteiger partial charge in [-0.3, -0.25) is 0 Å². The molecule has 0 aliphatic carbocycles. The first kappa shape index (κ1) is 20.9. The Morgan fingerprint density at radius 2 is 2.00 bits per heavy atom. The molecular formula is C16H23Cl2N3S. The summed E-state index contributed by atoms with van der Waals surface area (Å²) in [7, 11) is 0. The van der Waals surface area contributed by atoms with Gasteiger partial charge in [-0.1, -0.05) is 32.0 Å². The van der Waals surface area contributed by atoms with Crippen LogP contribution < -0.4 is 11.1 Å². The van der Waals surface area contributed by atoms with E-state index in [1.165, 1.54) is 5.56 Å². The van der Waals surface area contributed by atoms with Crippen LogP contribution in [0.3, 0.4) is 0 Å². The van der Waals surface area contributed by atoms with Crippen LogP contribution in [-0.4, -0.2) is 18.4 Å². The van der Waals surface area contributed by atoms with Gasteiger partial charge in [0.1, 0.15) is 5.84 Å². The third-order valence-electron chi connectivity index (χ3n) is 2.90. The Morgan fingerprint density at radius 1 is 1.23 bits per heavy atom. The third kappa shape index (κ3) is 6.79. The molecule has 0 radical (unpaired) electrons. The Balaban J connectivity index is 0.00000220. The van der Waals surface area contributed by atoms with Crippen LogP contribution in [0.5, 0.6) is 0 Å². The Kier molecular flexibility index (Phi) is 10.1. The predicted octanol–water partition coefficient (Wildman–Crippen LogP) is 4.17. The number of aliphatic imine (C=N–C) groups is 1. The molecule has 122 valence electrons. The Labute approximate surface area is 148 Å². The first-order chi connectivity index (χ1) is 9.65. The highest BCUT2D eigenvalue weighted by Crippen LogP contribution is 2.17. The van der Waals surface area contributed by atoms with Gasteiger partial charge in [-0.25, -0.2) is 4.99 Å². The fourth-order valence-corrected chi connectivity index (χ4v) is 2.53. The fraction of sp³-hybridized carbons (Fsp3) is 0.312. The molecule has 0 unspecified atom stereocenters. The van der Waals surface area contributed by atoms with E-state index in [9.17, 15) is 0 Å². The maximum atomic E-state index is 6.01. The zero-order valence-corrected chi connectivity index (χ0v) is 15.2. The van der Waals surface area contributed by atoms with Gasteiger partial charge in [-0.15, -0.1) is 36.2 Å². The molecule has 0 aliphatic rings. The summed E-state index contributed by atoms with van der Waals surface area (Å²) < 4.78 is 0. The average Bonchev–Trinajstić information content (AvgIpc) is 2.92. The maximum absolute atomic E-state index is 6.01. The largest absolute Gasteiger partial charge is 0.383 e. The number of nitrogens with two attached hydrogens (primary N) is 1. The second-order valence-corrected chi connectivity index (χ2v) is 5.95. The van der Waals surface area contributed by atoms with Gasteiger partial charge in [-0.2, -0.15) is 0 Å². The molecule has 0 saturated carbocycles. The number of benzene rings is 1. The summed E-state index contributed by atoms with van der Waals surface area (Å²) in [6.45, 7) is 5.29. The number of rotatable bonds is 6. The normalized spacial score (nSPS) is 11.0. The SMILES string of the molecule is CC(C)NCCc1cccc(N=C(N)c2cccs2)c1.Cl.Cl. The minimum absolute atomic E-state index is 0. The van der Waals surface area contributed by atoms with Gasteiger partial charge in [0.2, 0.25) is 0 Å². The number of hydrogen-bond acceptors (Lipinski definition) is 3. The van der Waals surface area contributed by atoms with Gasteiger partial charge in [0.05, 0.1) is 10.6 Å². The lowest BCUT2D eigenvalue weighted by atomic mass is 10.1. The van der Waals surface area contributed by atoms with Crippen LogP contribution in [0.4, 0.5) is 5.69 Å². The van der Waals surface area contributed by atoms with Crippen molar-refractivity contribution in [2.24, 2.45) is 10.7 Å². The van der Waals surface area contributed by atoms with E-state index in [4.69, 9.17) is 5.73 Å². The Morgan fingerprint density at radius 3 is 2.64 bits per heavy atom. The van der Waals surface area contributed by atoms with E-state index in [0.717, 1.165) is 23.5 Å². The number of hydrogen-bond donors (Lipinski definition) is 2. The second kappa shape index (κ2) is 10.6. The molecule has 0 aliphatic heterocycles. The molecule has 2 aromatic rings. The highest BCUT2D eigenvalue weighted by Gasteiger charge is 2.01. The first-order valence-electron chi connectivity index (χ1n) is 6.85.